The zero-order valence-corrected chi connectivity index (χ0v) is 15.3. The van der Waals surface area contributed by atoms with Crippen molar-refractivity contribution in [2.75, 3.05) is 43.2 Å². The molecule has 28 heavy (non-hydrogen) atoms. The number of cyclic esters (lactones) is 1. The number of fused-ring (bicyclic) bond motifs is 2. The topological polar surface area (TPSA) is 80.3 Å². The fraction of sp³-hybridized carbons (Fsp3) is 0.556. The Morgan fingerprint density at radius 3 is 2.50 bits per heavy atom. The fourth-order valence-electron chi connectivity index (χ4n) is 4.06. The van der Waals surface area contributed by atoms with Gasteiger partial charge in [-0.05, 0) is 12.8 Å². The number of carbonyl (C=O) groups excluding carboxylic acids is 2. The van der Waals surface area contributed by atoms with Gasteiger partial charge in [0.1, 0.15) is 11.8 Å². The number of carbonyl (C=O) groups is 2. The largest absolute Gasteiger partial charge is 0.453 e. The molecule has 0 saturated carbocycles. The standard InChI is InChI=1S/C18H21F2N3O5/c1-26-17(24)21-6-13-7-22(18(25)28-13)12-4-14(19)16(15(20)5-12)23-10-2-3-11(23)9-27-8-10/h4-5,10-11,13H,2-3,6-9H2,1H3,(H,21,24)/t10?,11?,13-/m0/s1. The number of hydrogen-bond acceptors (Lipinski definition) is 6. The average Bonchev–Trinajstić information content (AvgIpc) is 3.14. The number of benzene rings is 1. The van der Waals surface area contributed by atoms with Crippen LogP contribution in [0.3, 0.4) is 0 Å². The molecule has 2 unspecified atom stereocenters. The maximum absolute atomic E-state index is 14.9. The Hall–Kier alpha value is -2.62. The second-order valence-corrected chi connectivity index (χ2v) is 7.08. The molecule has 3 heterocycles. The number of ether oxygens (including phenoxy) is 3. The van der Waals surface area contributed by atoms with Crippen molar-refractivity contribution in [2.45, 2.75) is 31.0 Å². The summed E-state index contributed by atoms with van der Waals surface area (Å²) in [6, 6.07) is 2.20. The number of morpholine rings is 1. The van der Waals surface area contributed by atoms with Gasteiger partial charge in [0.15, 0.2) is 11.6 Å². The molecule has 3 aliphatic heterocycles. The van der Waals surface area contributed by atoms with Crippen LogP contribution in [0.5, 0.6) is 0 Å². The van der Waals surface area contributed by atoms with Crippen molar-refractivity contribution in [1.82, 2.24) is 5.32 Å². The summed E-state index contributed by atoms with van der Waals surface area (Å²) in [7, 11) is 1.22. The van der Waals surface area contributed by atoms with Crippen molar-refractivity contribution in [1.29, 1.82) is 0 Å². The van der Waals surface area contributed by atoms with Crippen LogP contribution in [0.4, 0.5) is 29.7 Å². The number of hydrogen-bond donors (Lipinski definition) is 1. The first-order valence-electron chi connectivity index (χ1n) is 9.13. The summed E-state index contributed by atoms with van der Waals surface area (Å²) in [5.74, 6) is -1.45. The first-order chi connectivity index (χ1) is 13.5. The zero-order valence-electron chi connectivity index (χ0n) is 15.3. The zero-order chi connectivity index (χ0) is 19.8. The molecule has 0 spiro atoms. The Bertz CT molecular complexity index is 753. The molecule has 3 fully saturated rings. The van der Waals surface area contributed by atoms with Gasteiger partial charge in [-0.25, -0.2) is 18.4 Å². The molecular weight excluding hydrogens is 376 g/mol. The number of halogens is 2. The lowest BCUT2D eigenvalue weighted by molar-refractivity contribution is 0.0898. The summed E-state index contributed by atoms with van der Waals surface area (Å²) in [6.07, 6.45) is -0.365. The molecule has 0 radical (unpaired) electrons. The smallest absolute Gasteiger partial charge is 0.414 e. The number of rotatable bonds is 4. The minimum absolute atomic E-state index is 0.0368. The summed E-state index contributed by atoms with van der Waals surface area (Å²) >= 11 is 0. The molecule has 2 amide bonds. The molecule has 1 aromatic rings. The molecule has 2 bridgehead atoms. The van der Waals surface area contributed by atoms with Gasteiger partial charge in [0.25, 0.3) is 0 Å². The number of nitrogens with zero attached hydrogens (tertiary/aromatic N) is 2. The Morgan fingerprint density at radius 1 is 1.25 bits per heavy atom. The molecule has 0 aliphatic carbocycles. The number of methoxy groups -OCH3 is 1. The Morgan fingerprint density at radius 2 is 1.89 bits per heavy atom. The second-order valence-electron chi connectivity index (χ2n) is 7.08. The van der Waals surface area contributed by atoms with Crippen LogP contribution in [-0.4, -0.2) is 63.8 Å². The van der Waals surface area contributed by atoms with E-state index in [0.717, 1.165) is 29.9 Å². The lowest BCUT2D eigenvalue weighted by Crippen LogP contribution is -2.46. The van der Waals surface area contributed by atoms with Crippen LogP contribution in [0, 0.1) is 11.6 Å². The van der Waals surface area contributed by atoms with Gasteiger partial charge in [-0.3, -0.25) is 4.90 Å². The number of anilines is 2. The highest BCUT2D eigenvalue weighted by Crippen LogP contribution is 2.39. The predicted octanol–water partition coefficient (Wildman–Crippen LogP) is 2.01. The van der Waals surface area contributed by atoms with Crippen molar-refractivity contribution < 1.29 is 32.6 Å². The third-order valence-electron chi connectivity index (χ3n) is 5.35. The van der Waals surface area contributed by atoms with Gasteiger partial charge in [-0.2, -0.15) is 0 Å². The van der Waals surface area contributed by atoms with E-state index in [2.05, 4.69) is 10.1 Å². The third-order valence-corrected chi connectivity index (χ3v) is 5.35. The van der Waals surface area contributed by atoms with Crippen molar-refractivity contribution in [3.05, 3.63) is 23.8 Å². The minimum atomic E-state index is -0.727. The van der Waals surface area contributed by atoms with E-state index in [4.69, 9.17) is 9.47 Å². The fourth-order valence-corrected chi connectivity index (χ4v) is 4.06. The number of amides is 2. The van der Waals surface area contributed by atoms with Crippen LogP contribution in [-0.2, 0) is 14.2 Å². The van der Waals surface area contributed by atoms with Gasteiger partial charge in [0, 0.05) is 12.1 Å². The summed E-state index contributed by atoms with van der Waals surface area (Å²) in [5, 5.41) is 2.43. The highest BCUT2D eigenvalue weighted by Gasteiger charge is 2.41. The third kappa shape index (κ3) is 3.32. The van der Waals surface area contributed by atoms with E-state index >= 15 is 0 Å². The van der Waals surface area contributed by atoms with E-state index in [1.807, 2.05) is 0 Å². The quantitative estimate of drug-likeness (QED) is 0.837. The maximum Gasteiger partial charge on any atom is 0.414 e. The maximum atomic E-state index is 14.9. The van der Waals surface area contributed by atoms with Gasteiger partial charge in [-0.15, -0.1) is 0 Å². The Kier molecular flexibility index (Phi) is 4.96. The molecule has 1 N–H and O–H groups in total. The van der Waals surface area contributed by atoms with E-state index in [1.54, 1.807) is 4.90 Å². The lowest BCUT2D eigenvalue weighted by atomic mass is 10.1. The van der Waals surface area contributed by atoms with Gasteiger partial charge >= 0.3 is 12.2 Å². The van der Waals surface area contributed by atoms with E-state index in [-0.39, 0.29) is 36.5 Å². The van der Waals surface area contributed by atoms with Gasteiger partial charge in [0.2, 0.25) is 0 Å². The van der Waals surface area contributed by atoms with Crippen LogP contribution < -0.4 is 15.1 Å². The molecule has 3 aliphatic rings. The summed E-state index contributed by atoms with van der Waals surface area (Å²) in [5.41, 5.74) is 0.000877. The van der Waals surface area contributed by atoms with Crippen molar-refractivity contribution in [2.24, 2.45) is 0 Å². The van der Waals surface area contributed by atoms with Crippen molar-refractivity contribution in [3.63, 3.8) is 0 Å². The highest BCUT2D eigenvalue weighted by atomic mass is 19.1. The molecule has 1 aromatic carbocycles. The molecule has 8 nitrogen and oxygen atoms in total. The van der Waals surface area contributed by atoms with Crippen LogP contribution in [0.1, 0.15) is 12.8 Å². The predicted molar refractivity (Wildman–Crippen MR) is 94.5 cm³/mol. The first kappa shape index (κ1) is 18.7. The lowest BCUT2D eigenvalue weighted by Gasteiger charge is -2.37. The Labute approximate surface area is 160 Å². The van der Waals surface area contributed by atoms with Crippen LogP contribution in [0.25, 0.3) is 0 Å². The molecule has 152 valence electrons. The first-order valence-corrected chi connectivity index (χ1v) is 9.13. The van der Waals surface area contributed by atoms with Gasteiger partial charge in [-0.1, -0.05) is 0 Å². The van der Waals surface area contributed by atoms with E-state index in [0.29, 0.717) is 13.2 Å². The molecular formula is C18H21F2N3O5. The minimum Gasteiger partial charge on any atom is -0.453 e. The number of nitrogens with one attached hydrogen (secondary N) is 1. The van der Waals surface area contributed by atoms with E-state index in [9.17, 15) is 18.4 Å². The van der Waals surface area contributed by atoms with Gasteiger partial charge < -0.3 is 24.4 Å². The summed E-state index contributed by atoms with van der Waals surface area (Å²) in [4.78, 5) is 26.2. The monoisotopic (exact) mass is 397 g/mol. The molecule has 10 heteroatoms. The number of alkyl carbamates (subject to hydrolysis) is 1. The van der Waals surface area contributed by atoms with Crippen LogP contribution in [0.15, 0.2) is 12.1 Å². The van der Waals surface area contributed by atoms with E-state index < -0.39 is 29.9 Å². The second kappa shape index (κ2) is 7.42. The summed E-state index contributed by atoms with van der Waals surface area (Å²) < 4.78 is 44.8. The highest BCUT2D eigenvalue weighted by molar-refractivity contribution is 5.90. The van der Waals surface area contributed by atoms with Crippen molar-refractivity contribution in [3.8, 4) is 0 Å². The molecule has 3 atom stereocenters. The SMILES string of the molecule is COC(=O)NC[C@H]1CN(c2cc(F)c(N3C4CCC3COC4)c(F)c2)C(=O)O1. The van der Waals surface area contributed by atoms with E-state index in [1.165, 1.54) is 7.11 Å². The van der Waals surface area contributed by atoms with Crippen LogP contribution >= 0.6 is 0 Å². The molecule has 3 saturated heterocycles. The van der Waals surface area contributed by atoms with Gasteiger partial charge in [0.05, 0.1) is 51.2 Å². The molecule has 0 aromatic heterocycles. The Balaban J connectivity index is 1.52. The van der Waals surface area contributed by atoms with Crippen LogP contribution in [0.2, 0.25) is 0 Å². The normalized spacial score (nSPS) is 26.4. The average molecular weight is 397 g/mol. The molecule has 4 rings (SSSR count). The summed E-state index contributed by atoms with van der Waals surface area (Å²) in [6.45, 7) is 0.994. The van der Waals surface area contributed by atoms with Crippen molar-refractivity contribution >= 4 is 23.6 Å².